The number of nitrogens with one attached hydrogen (secondary N) is 1. The Morgan fingerprint density at radius 2 is 1.91 bits per heavy atom. The van der Waals surface area contributed by atoms with Crippen molar-refractivity contribution >= 4 is 16.8 Å². The van der Waals surface area contributed by atoms with Crippen LogP contribution in [-0.2, 0) is 11.3 Å². The van der Waals surface area contributed by atoms with Crippen molar-refractivity contribution in [2.75, 3.05) is 40.0 Å². The summed E-state index contributed by atoms with van der Waals surface area (Å²) in [5.41, 5.74) is 1.88. The molecule has 1 aliphatic rings. The van der Waals surface area contributed by atoms with E-state index in [1.807, 2.05) is 53.2 Å². The molecule has 0 spiro atoms. The monoisotopic (exact) mass is 438 g/mol. The molecule has 2 atom stereocenters. The van der Waals surface area contributed by atoms with Gasteiger partial charge in [-0.3, -0.25) is 14.4 Å². The molecule has 1 fully saturated rings. The fourth-order valence-electron chi connectivity index (χ4n) is 4.05. The number of hydrogen-bond acceptors (Lipinski definition) is 6. The van der Waals surface area contributed by atoms with Gasteiger partial charge in [-0.15, -0.1) is 0 Å². The summed E-state index contributed by atoms with van der Waals surface area (Å²) in [4.78, 5) is 15.5. The summed E-state index contributed by atoms with van der Waals surface area (Å²) in [6.45, 7) is 6.47. The highest BCUT2D eigenvalue weighted by molar-refractivity contribution is 6.06. The second-order valence-corrected chi connectivity index (χ2v) is 8.00. The predicted octanol–water partition coefficient (Wildman–Crippen LogP) is 2.23. The van der Waals surface area contributed by atoms with Crippen molar-refractivity contribution < 1.29 is 19.4 Å². The van der Waals surface area contributed by atoms with Gasteiger partial charge in [-0.2, -0.15) is 5.10 Å². The zero-order valence-corrected chi connectivity index (χ0v) is 18.5. The first-order valence-corrected chi connectivity index (χ1v) is 11.0. The van der Waals surface area contributed by atoms with Gasteiger partial charge in [-0.25, -0.2) is 0 Å². The molecule has 1 amide bonds. The number of para-hydroxylation sites is 1. The molecule has 2 aromatic carbocycles. The molecule has 0 bridgehead atoms. The molecule has 8 heteroatoms. The number of aliphatic hydroxyl groups excluding tert-OH is 1. The summed E-state index contributed by atoms with van der Waals surface area (Å²) in [6.07, 6.45) is -0.815. The third-order valence-electron chi connectivity index (χ3n) is 5.87. The second kappa shape index (κ2) is 10.1. The number of methoxy groups -OCH3 is 1. The largest absolute Gasteiger partial charge is 0.494 e. The van der Waals surface area contributed by atoms with Crippen molar-refractivity contribution in [1.29, 1.82) is 0 Å². The average molecular weight is 439 g/mol. The smallest absolute Gasteiger partial charge is 0.272 e. The molecule has 1 saturated heterocycles. The summed E-state index contributed by atoms with van der Waals surface area (Å²) in [5, 5.41) is 18.9. The lowest BCUT2D eigenvalue weighted by molar-refractivity contribution is 0.0361. The van der Waals surface area contributed by atoms with E-state index in [0.29, 0.717) is 18.0 Å². The van der Waals surface area contributed by atoms with Gasteiger partial charge in [0.15, 0.2) is 5.69 Å². The number of carbonyl (C=O) groups excluding carboxylic acids is 1. The van der Waals surface area contributed by atoms with Crippen LogP contribution in [0.5, 0.6) is 5.75 Å². The number of nitrogens with zero attached hydrogens (tertiary/aromatic N) is 3. The van der Waals surface area contributed by atoms with Crippen LogP contribution in [-0.4, -0.2) is 71.7 Å². The molecule has 4 rings (SSSR count). The van der Waals surface area contributed by atoms with Crippen molar-refractivity contribution in [3.8, 4) is 5.75 Å². The summed E-state index contributed by atoms with van der Waals surface area (Å²) < 4.78 is 12.8. The number of aromatic nitrogens is 2. The number of aliphatic hydroxyl groups is 1. The normalized spacial score (nSPS) is 16.6. The third-order valence-corrected chi connectivity index (χ3v) is 5.87. The highest BCUT2D eigenvalue weighted by Crippen LogP contribution is 2.28. The van der Waals surface area contributed by atoms with Crippen LogP contribution in [0.4, 0.5) is 0 Å². The molecule has 1 aliphatic heterocycles. The Bertz CT molecular complexity index is 1050. The minimum Gasteiger partial charge on any atom is -0.494 e. The van der Waals surface area contributed by atoms with Gasteiger partial charge in [0.1, 0.15) is 11.3 Å². The van der Waals surface area contributed by atoms with Gasteiger partial charge in [-0.05, 0) is 18.6 Å². The molecule has 0 radical (unpaired) electrons. The Morgan fingerprint density at radius 1 is 1.16 bits per heavy atom. The first kappa shape index (κ1) is 22.3. The number of fused-ring (bicyclic) bond motifs is 1. The summed E-state index contributed by atoms with van der Waals surface area (Å²) in [6, 6.07) is 14.4. The zero-order chi connectivity index (χ0) is 22.5. The van der Waals surface area contributed by atoms with Gasteiger partial charge < -0.3 is 19.9 Å². The van der Waals surface area contributed by atoms with Crippen molar-refractivity contribution in [3.63, 3.8) is 0 Å². The van der Waals surface area contributed by atoms with Crippen LogP contribution in [0.25, 0.3) is 10.9 Å². The summed E-state index contributed by atoms with van der Waals surface area (Å²) >= 11 is 0. The highest BCUT2D eigenvalue weighted by Gasteiger charge is 2.24. The van der Waals surface area contributed by atoms with Crippen LogP contribution in [0.15, 0.2) is 48.5 Å². The number of ether oxygens (including phenoxy) is 2. The Labute approximate surface area is 187 Å². The molecule has 32 heavy (non-hydrogen) atoms. The average Bonchev–Trinajstić information content (AvgIpc) is 3.22. The summed E-state index contributed by atoms with van der Waals surface area (Å²) in [5.74, 6) is 0.351. The van der Waals surface area contributed by atoms with E-state index in [-0.39, 0.29) is 5.91 Å². The van der Waals surface area contributed by atoms with Gasteiger partial charge >= 0.3 is 0 Å². The number of morpholine rings is 1. The van der Waals surface area contributed by atoms with E-state index >= 15 is 0 Å². The lowest BCUT2D eigenvalue weighted by Gasteiger charge is -2.26. The molecule has 2 N–H and O–H groups in total. The van der Waals surface area contributed by atoms with Crippen molar-refractivity contribution in [1.82, 2.24) is 20.0 Å². The third kappa shape index (κ3) is 4.77. The molecule has 0 aliphatic carbocycles. The number of hydrogen-bond donors (Lipinski definition) is 2. The Balaban J connectivity index is 1.56. The quantitative estimate of drug-likeness (QED) is 0.561. The minimum absolute atomic E-state index is 0.323. The fourth-order valence-corrected chi connectivity index (χ4v) is 4.05. The Morgan fingerprint density at radius 3 is 2.62 bits per heavy atom. The first-order valence-electron chi connectivity index (χ1n) is 11.0. The molecule has 0 unspecified atom stereocenters. The maximum Gasteiger partial charge on any atom is 0.272 e. The highest BCUT2D eigenvalue weighted by atomic mass is 16.5. The molecule has 2 heterocycles. The van der Waals surface area contributed by atoms with Gasteiger partial charge in [0.05, 0.1) is 39.0 Å². The van der Waals surface area contributed by atoms with Crippen LogP contribution < -0.4 is 10.1 Å². The van der Waals surface area contributed by atoms with Crippen LogP contribution in [0.2, 0.25) is 0 Å². The molecular weight excluding hydrogens is 408 g/mol. The van der Waals surface area contributed by atoms with E-state index in [9.17, 15) is 9.90 Å². The van der Waals surface area contributed by atoms with Crippen LogP contribution in [0, 0.1) is 0 Å². The van der Waals surface area contributed by atoms with Gasteiger partial charge in [0.2, 0.25) is 0 Å². The lowest BCUT2D eigenvalue weighted by Crippen LogP contribution is -2.38. The van der Waals surface area contributed by atoms with Gasteiger partial charge in [-0.1, -0.05) is 42.5 Å². The number of rotatable bonds is 8. The summed E-state index contributed by atoms with van der Waals surface area (Å²) in [7, 11) is 1.62. The lowest BCUT2D eigenvalue weighted by atomic mass is 10.0. The van der Waals surface area contributed by atoms with E-state index < -0.39 is 12.1 Å². The van der Waals surface area contributed by atoms with E-state index in [1.165, 1.54) is 0 Å². The zero-order valence-electron chi connectivity index (χ0n) is 18.5. The SMILES string of the molecule is COc1cccc2c(C(=O)N[C@@H](C)[C@H](O)c3ccccc3)nn(CCN3CCOCC3)c12. The molecule has 0 saturated carbocycles. The number of benzene rings is 2. The standard InChI is InChI=1S/C24H30N4O4/c1-17(23(29)18-7-4-3-5-8-18)25-24(30)21-19-9-6-10-20(31-2)22(19)28(26-21)12-11-27-13-15-32-16-14-27/h3-10,17,23,29H,11-16H2,1-2H3,(H,25,30)/t17-,23-/m0/s1. The molecule has 8 nitrogen and oxygen atoms in total. The van der Waals surface area contributed by atoms with E-state index in [0.717, 1.165) is 49.3 Å². The number of carbonyl (C=O) groups is 1. The van der Waals surface area contributed by atoms with Gasteiger partial charge in [0.25, 0.3) is 5.91 Å². The molecule has 3 aromatic rings. The van der Waals surface area contributed by atoms with Crippen molar-refractivity contribution in [2.45, 2.75) is 25.6 Å². The van der Waals surface area contributed by atoms with Gasteiger partial charge in [0, 0.05) is 25.0 Å². The van der Waals surface area contributed by atoms with Crippen molar-refractivity contribution in [2.24, 2.45) is 0 Å². The number of amides is 1. The van der Waals surface area contributed by atoms with Crippen molar-refractivity contribution in [3.05, 3.63) is 59.8 Å². The van der Waals surface area contributed by atoms with E-state index in [2.05, 4.69) is 15.3 Å². The minimum atomic E-state index is -0.815. The van der Waals surface area contributed by atoms with Crippen LogP contribution >= 0.6 is 0 Å². The maximum atomic E-state index is 13.2. The topological polar surface area (TPSA) is 88.8 Å². The van der Waals surface area contributed by atoms with Crippen LogP contribution in [0.1, 0.15) is 29.1 Å². The molecular formula is C24H30N4O4. The van der Waals surface area contributed by atoms with Crippen LogP contribution in [0.3, 0.4) is 0 Å². The Kier molecular flexibility index (Phi) is 7.04. The predicted molar refractivity (Wildman–Crippen MR) is 122 cm³/mol. The first-order chi connectivity index (χ1) is 15.6. The molecule has 1 aromatic heterocycles. The molecule has 170 valence electrons. The fraction of sp³-hybridized carbons (Fsp3) is 0.417. The second-order valence-electron chi connectivity index (χ2n) is 8.00. The Hall–Kier alpha value is -2.94. The van der Waals surface area contributed by atoms with E-state index in [4.69, 9.17) is 9.47 Å². The van der Waals surface area contributed by atoms with E-state index in [1.54, 1.807) is 14.0 Å². The maximum absolute atomic E-state index is 13.2.